The summed E-state index contributed by atoms with van der Waals surface area (Å²) in [7, 11) is 0. The van der Waals surface area contributed by atoms with Gasteiger partial charge in [-0.3, -0.25) is 9.69 Å². The molecule has 19 heavy (non-hydrogen) atoms. The number of carbonyl (C=O) groups excluding carboxylic acids is 1. The Morgan fingerprint density at radius 3 is 2.47 bits per heavy atom. The van der Waals surface area contributed by atoms with Gasteiger partial charge in [0.05, 0.1) is 0 Å². The van der Waals surface area contributed by atoms with Crippen molar-refractivity contribution in [2.75, 3.05) is 45.8 Å². The third kappa shape index (κ3) is 3.93. The molecule has 1 saturated carbocycles. The molecule has 3 aliphatic rings. The second-order valence-electron chi connectivity index (χ2n) is 6.54. The van der Waals surface area contributed by atoms with Crippen molar-refractivity contribution in [1.29, 1.82) is 0 Å². The lowest BCUT2D eigenvalue weighted by atomic mass is 9.95. The van der Waals surface area contributed by atoms with Gasteiger partial charge in [-0.2, -0.15) is 0 Å². The predicted molar refractivity (Wildman–Crippen MR) is 76.0 cm³/mol. The van der Waals surface area contributed by atoms with Gasteiger partial charge in [-0.05, 0) is 50.6 Å². The zero-order valence-electron chi connectivity index (χ0n) is 11.9. The van der Waals surface area contributed by atoms with Crippen molar-refractivity contribution in [3.63, 3.8) is 0 Å². The molecule has 1 unspecified atom stereocenters. The highest BCUT2D eigenvalue weighted by Crippen LogP contribution is 2.30. The van der Waals surface area contributed by atoms with Crippen LogP contribution in [0, 0.1) is 11.8 Å². The minimum absolute atomic E-state index is 0.389. The lowest BCUT2D eigenvalue weighted by Crippen LogP contribution is -2.49. The van der Waals surface area contributed by atoms with E-state index in [-0.39, 0.29) is 0 Å². The summed E-state index contributed by atoms with van der Waals surface area (Å²) in [6.45, 7) is 7.51. The number of piperazine rings is 1. The summed E-state index contributed by atoms with van der Waals surface area (Å²) in [5.41, 5.74) is 0. The van der Waals surface area contributed by atoms with Crippen LogP contribution in [0.15, 0.2) is 0 Å². The Labute approximate surface area is 116 Å². The van der Waals surface area contributed by atoms with Crippen LogP contribution in [0.2, 0.25) is 0 Å². The Hall–Kier alpha value is -0.610. The number of nitrogens with zero attached hydrogens (tertiary/aromatic N) is 2. The van der Waals surface area contributed by atoms with Crippen LogP contribution in [0.3, 0.4) is 0 Å². The summed E-state index contributed by atoms with van der Waals surface area (Å²) in [5, 5.41) is 3.40. The molecule has 0 aromatic carbocycles. The molecule has 1 N–H and O–H groups in total. The minimum Gasteiger partial charge on any atom is -0.340 e. The first kappa shape index (κ1) is 13.4. The molecule has 0 aromatic rings. The zero-order chi connectivity index (χ0) is 13.1. The number of piperidine rings is 1. The maximum absolute atomic E-state index is 12.3. The van der Waals surface area contributed by atoms with Gasteiger partial charge < -0.3 is 10.2 Å². The summed E-state index contributed by atoms with van der Waals surface area (Å²) in [6, 6.07) is 0. The molecular weight excluding hydrogens is 238 g/mol. The first-order valence-corrected chi connectivity index (χ1v) is 8.02. The molecule has 0 aromatic heterocycles. The van der Waals surface area contributed by atoms with Crippen LogP contribution in [0.4, 0.5) is 0 Å². The van der Waals surface area contributed by atoms with Gasteiger partial charge in [0.25, 0.3) is 0 Å². The van der Waals surface area contributed by atoms with Crippen molar-refractivity contribution >= 4 is 5.91 Å². The molecular formula is C15H27N3O. The van der Waals surface area contributed by atoms with Crippen LogP contribution >= 0.6 is 0 Å². The second-order valence-corrected chi connectivity index (χ2v) is 6.54. The molecule has 2 heterocycles. The van der Waals surface area contributed by atoms with E-state index in [1.54, 1.807) is 0 Å². The Morgan fingerprint density at radius 1 is 1.05 bits per heavy atom. The summed E-state index contributed by atoms with van der Waals surface area (Å²) < 4.78 is 0. The van der Waals surface area contributed by atoms with Crippen LogP contribution in [-0.4, -0.2) is 61.5 Å². The van der Waals surface area contributed by atoms with Gasteiger partial charge in [0.15, 0.2) is 0 Å². The second kappa shape index (κ2) is 6.23. The third-order valence-electron chi connectivity index (χ3n) is 4.80. The normalized spacial score (nSPS) is 29.5. The molecule has 2 aliphatic heterocycles. The number of hydrogen-bond donors (Lipinski definition) is 1. The van der Waals surface area contributed by atoms with Crippen molar-refractivity contribution in [3.05, 3.63) is 0 Å². The quantitative estimate of drug-likeness (QED) is 0.821. The van der Waals surface area contributed by atoms with Gasteiger partial charge in [0.1, 0.15) is 0 Å². The molecule has 0 spiro atoms. The molecule has 1 aliphatic carbocycles. The summed E-state index contributed by atoms with van der Waals surface area (Å²) in [6.07, 6.45) is 6.06. The van der Waals surface area contributed by atoms with Gasteiger partial charge in [-0.1, -0.05) is 0 Å². The van der Waals surface area contributed by atoms with E-state index in [2.05, 4.69) is 15.1 Å². The van der Waals surface area contributed by atoms with E-state index in [4.69, 9.17) is 0 Å². The number of carbonyl (C=O) groups is 1. The van der Waals surface area contributed by atoms with Crippen LogP contribution in [-0.2, 0) is 4.79 Å². The van der Waals surface area contributed by atoms with Gasteiger partial charge in [0, 0.05) is 39.1 Å². The highest BCUT2D eigenvalue weighted by Gasteiger charge is 2.28. The molecule has 0 radical (unpaired) electrons. The van der Waals surface area contributed by atoms with Crippen molar-refractivity contribution in [2.45, 2.75) is 32.1 Å². The van der Waals surface area contributed by atoms with Gasteiger partial charge in [0.2, 0.25) is 5.91 Å². The molecule has 4 nitrogen and oxygen atoms in total. The van der Waals surface area contributed by atoms with Gasteiger partial charge in [-0.25, -0.2) is 0 Å². The maximum atomic E-state index is 12.3. The fourth-order valence-corrected chi connectivity index (χ4v) is 3.32. The third-order valence-corrected chi connectivity index (χ3v) is 4.80. The van der Waals surface area contributed by atoms with Crippen molar-refractivity contribution in [1.82, 2.24) is 15.1 Å². The standard InChI is InChI=1S/C15H27N3O/c19-15(10-14-2-1-5-16-11-14)18-8-6-17(7-9-18)12-13-3-4-13/h13-14,16H,1-12H2. The van der Waals surface area contributed by atoms with Crippen molar-refractivity contribution < 1.29 is 4.79 Å². The summed E-state index contributed by atoms with van der Waals surface area (Å²) in [4.78, 5) is 16.9. The van der Waals surface area contributed by atoms with Gasteiger partial charge in [-0.15, -0.1) is 0 Å². The van der Waals surface area contributed by atoms with Crippen LogP contribution in [0.5, 0.6) is 0 Å². The first-order chi connectivity index (χ1) is 9.31. The number of hydrogen-bond acceptors (Lipinski definition) is 3. The van der Waals surface area contributed by atoms with E-state index in [1.165, 1.54) is 32.2 Å². The lowest BCUT2D eigenvalue weighted by Gasteiger charge is -2.35. The largest absolute Gasteiger partial charge is 0.340 e. The number of rotatable bonds is 4. The Morgan fingerprint density at radius 2 is 1.84 bits per heavy atom. The molecule has 1 atom stereocenters. The lowest BCUT2D eigenvalue weighted by molar-refractivity contribution is -0.134. The molecule has 0 bridgehead atoms. The van der Waals surface area contributed by atoms with Crippen LogP contribution in [0.1, 0.15) is 32.1 Å². The Kier molecular flexibility index (Phi) is 4.38. The average molecular weight is 265 g/mol. The molecule has 4 heteroatoms. The topological polar surface area (TPSA) is 35.6 Å². The fraction of sp³-hybridized carbons (Fsp3) is 0.933. The number of amides is 1. The van der Waals surface area contributed by atoms with Crippen LogP contribution < -0.4 is 5.32 Å². The SMILES string of the molecule is O=C(CC1CCCNC1)N1CCN(CC2CC2)CC1. The van der Waals surface area contributed by atoms with E-state index in [0.29, 0.717) is 11.8 Å². The molecule has 108 valence electrons. The highest BCUT2D eigenvalue weighted by molar-refractivity contribution is 5.76. The average Bonchev–Trinajstić information content (AvgIpc) is 3.25. The zero-order valence-corrected chi connectivity index (χ0v) is 11.9. The summed E-state index contributed by atoms with van der Waals surface area (Å²) >= 11 is 0. The van der Waals surface area contributed by atoms with Crippen LogP contribution in [0.25, 0.3) is 0 Å². The molecule has 3 fully saturated rings. The van der Waals surface area contributed by atoms with E-state index < -0.39 is 0 Å². The Balaban J connectivity index is 1.38. The first-order valence-electron chi connectivity index (χ1n) is 8.02. The van der Waals surface area contributed by atoms with Gasteiger partial charge >= 0.3 is 0 Å². The summed E-state index contributed by atoms with van der Waals surface area (Å²) in [5.74, 6) is 1.93. The highest BCUT2D eigenvalue weighted by atomic mass is 16.2. The van der Waals surface area contributed by atoms with E-state index in [1.807, 2.05) is 0 Å². The van der Waals surface area contributed by atoms with Crippen molar-refractivity contribution in [2.24, 2.45) is 11.8 Å². The predicted octanol–water partition coefficient (Wildman–Crippen LogP) is 0.930. The van der Waals surface area contributed by atoms with E-state index in [9.17, 15) is 4.79 Å². The maximum Gasteiger partial charge on any atom is 0.222 e. The molecule has 2 saturated heterocycles. The monoisotopic (exact) mass is 265 g/mol. The minimum atomic E-state index is 0.389. The fourth-order valence-electron chi connectivity index (χ4n) is 3.32. The smallest absolute Gasteiger partial charge is 0.222 e. The number of nitrogens with one attached hydrogen (secondary N) is 1. The Bertz CT molecular complexity index is 303. The van der Waals surface area contributed by atoms with Crippen molar-refractivity contribution in [3.8, 4) is 0 Å². The van der Waals surface area contributed by atoms with E-state index >= 15 is 0 Å². The molecule has 1 amide bonds. The molecule has 3 rings (SSSR count). The van der Waals surface area contributed by atoms with E-state index in [0.717, 1.165) is 51.6 Å².